The fourth-order valence-corrected chi connectivity index (χ4v) is 11.9. The molecule has 0 fully saturated rings. The van der Waals surface area contributed by atoms with Crippen LogP contribution in [0.4, 0.5) is 0 Å². The summed E-state index contributed by atoms with van der Waals surface area (Å²) in [6, 6.07) is 76.0. The molecule has 10 aromatic carbocycles. The summed E-state index contributed by atoms with van der Waals surface area (Å²) in [7, 11) is 0. The molecule has 0 aliphatic carbocycles. The molecular weight excluding hydrogens is 1060 g/mol. The van der Waals surface area contributed by atoms with Crippen LogP contribution in [0.5, 0.6) is 0 Å². The van der Waals surface area contributed by atoms with E-state index >= 15 is 0 Å². The summed E-state index contributed by atoms with van der Waals surface area (Å²) in [5.74, 6) is 0. The van der Waals surface area contributed by atoms with E-state index < -0.39 is 0 Å². The first-order valence-corrected chi connectivity index (χ1v) is 29.0. The van der Waals surface area contributed by atoms with E-state index in [0.29, 0.717) is 5.70 Å². The van der Waals surface area contributed by atoms with Crippen LogP contribution in [-0.2, 0) is 0 Å². The van der Waals surface area contributed by atoms with Gasteiger partial charge in [-0.2, -0.15) is 0 Å². The van der Waals surface area contributed by atoms with Crippen molar-refractivity contribution in [3.63, 3.8) is 0 Å². The monoisotopic (exact) mass is 1120 g/mol. The molecular formula is C78H60N8O. The standard InChI is InChI=1S/C74H52N8O.C4H8/c1-5-77-46-67(76-4)58-21-12-10-19-56(58)51-25-31-70-62(41-51)60-39-49(24-29-69(60)81(70)54-17-8-7-9-18-54)50-27-33-73-64(40-50)65-43-55(28-34-74(65)83-73)82-71-30-23-48(47-15-14-16-53(37-47)66-45-78-35-36-80-66)38-61(71)63-42-52(26-32-72(63)82)57-20-11-13-22-59(57)68(44-75-3)79-6-2;1-3-4-2/h5-46H,3-4H2,1-2H3;3-4H,1-2H3/b67-46-,68-44-,77-5?,79-6?;4-3-. The van der Waals surface area contributed by atoms with E-state index in [1.165, 1.54) is 0 Å². The Kier molecular flexibility index (Phi) is 15.1. The highest BCUT2D eigenvalue weighted by Gasteiger charge is 2.21. The Bertz CT molecular complexity index is 5130. The lowest BCUT2D eigenvalue weighted by Crippen LogP contribution is -1.94. The molecule has 9 heteroatoms. The van der Waals surface area contributed by atoms with Gasteiger partial charge >= 0.3 is 0 Å². The molecule has 4 aromatic heterocycles. The second kappa shape index (κ2) is 24.0. The molecule has 9 nitrogen and oxygen atoms in total. The molecule has 87 heavy (non-hydrogen) atoms. The third-order valence-corrected chi connectivity index (χ3v) is 16.0. The highest BCUT2D eigenvalue weighted by molar-refractivity contribution is 6.15. The summed E-state index contributed by atoms with van der Waals surface area (Å²) in [5.41, 5.74) is 22.0. The fraction of sp³-hybridized carbons (Fsp3) is 0.0513. The summed E-state index contributed by atoms with van der Waals surface area (Å²) >= 11 is 0. The predicted octanol–water partition coefficient (Wildman–Crippen LogP) is 20.7. The Morgan fingerprint density at radius 1 is 0.425 bits per heavy atom. The van der Waals surface area contributed by atoms with Crippen molar-refractivity contribution in [2.75, 3.05) is 0 Å². The van der Waals surface area contributed by atoms with Gasteiger partial charge in [0.15, 0.2) is 0 Å². The van der Waals surface area contributed by atoms with Crippen molar-refractivity contribution in [1.29, 1.82) is 0 Å². The number of aromatic nitrogens is 4. The van der Waals surface area contributed by atoms with Gasteiger partial charge in [0, 0.05) is 85.2 Å². The van der Waals surface area contributed by atoms with Gasteiger partial charge in [-0.05, 0) is 183 Å². The molecule has 418 valence electrons. The lowest BCUT2D eigenvalue weighted by Gasteiger charge is -2.11. The Labute approximate surface area is 505 Å². The lowest BCUT2D eigenvalue weighted by atomic mass is 9.96. The number of fused-ring (bicyclic) bond motifs is 9. The maximum absolute atomic E-state index is 6.65. The van der Waals surface area contributed by atoms with E-state index in [9.17, 15) is 0 Å². The molecule has 0 unspecified atom stereocenters. The molecule has 0 aliphatic rings. The number of nitrogens with zero attached hydrogens (tertiary/aromatic N) is 8. The first-order valence-electron chi connectivity index (χ1n) is 29.0. The Balaban J connectivity index is 0.00000170. The maximum Gasteiger partial charge on any atom is 0.135 e. The van der Waals surface area contributed by atoms with Crippen molar-refractivity contribution < 1.29 is 4.42 Å². The predicted molar refractivity (Wildman–Crippen MR) is 369 cm³/mol. The van der Waals surface area contributed by atoms with Gasteiger partial charge < -0.3 is 13.6 Å². The van der Waals surface area contributed by atoms with Gasteiger partial charge in [0.2, 0.25) is 0 Å². The number of hydrogen-bond acceptors (Lipinski definition) is 7. The van der Waals surface area contributed by atoms with Crippen molar-refractivity contribution in [1.82, 2.24) is 19.1 Å². The molecule has 0 saturated carbocycles. The van der Waals surface area contributed by atoms with Crippen molar-refractivity contribution in [3.8, 4) is 67.1 Å². The SMILES string of the molecule is C/C=C\C.C=N/C=C(\N=CC)c1ccccc1-c1ccc2c(c1)c1cc(-c3cccc(-c4cnccn4)c3)ccc1n2-c1ccc2oc3ccc(-c4ccc5c(c4)c4cc(-c6ccccc6/C(=C/N=CC)N=C)ccc4n5-c4ccccc4)cc3c2c1. The Hall–Kier alpha value is -11.4. The zero-order chi connectivity index (χ0) is 59.4. The van der Waals surface area contributed by atoms with Crippen LogP contribution in [-0.4, -0.2) is 45.0 Å². The molecule has 0 spiro atoms. The molecule has 0 aliphatic heterocycles. The van der Waals surface area contributed by atoms with Crippen molar-refractivity contribution in [3.05, 3.63) is 267 Å². The molecule has 0 radical (unpaired) electrons. The van der Waals surface area contributed by atoms with E-state index in [2.05, 4.69) is 248 Å². The second-order valence-corrected chi connectivity index (χ2v) is 21.0. The van der Waals surface area contributed by atoms with Crippen LogP contribution in [0.1, 0.15) is 38.8 Å². The Morgan fingerprint density at radius 2 is 0.931 bits per heavy atom. The first kappa shape index (κ1) is 54.8. The minimum Gasteiger partial charge on any atom is -0.456 e. The van der Waals surface area contributed by atoms with Gasteiger partial charge in [-0.15, -0.1) is 0 Å². The number of benzene rings is 10. The Morgan fingerprint density at radius 3 is 1.49 bits per heavy atom. The van der Waals surface area contributed by atoms with Gasteiger partial charge in [0.25, 0.3) is 0 Å². The molecule has 4 heterocycles. The number of rotatable bonds is 13. The molecule has 0 amide bonds. The molecule has 0 N–H and O–H groups in total. The summed E-state index contributed by atoms with van der Waals surface area (Å²) in [6.07, 6.45) is 16.3. The van der Waals surface area contributed by atoms with Gasteiger partial charge in [-0.3, -0.25) is 29.9 Å². The van der Waals surface area contributed by atoms with Gasteiger partial charge in [0.1, 0.15) is 11.2 Å². The quantitative estimate of drug-likeness (QED) is 0.0849. The summed E-state index contributed by atoms with van der Waals surface area (Å²) < 4.78 is 11.4. The number of para-hydroxylation sites is 1. The zero-order valence-electron chi connectivity index (χ0n) is 48.8. The molecule has 14 aromatic rings. The summed E-state index contributed by atoms with van der Waals surface area (Å²) in [6.45, 7) is 15.5. The minimum absolute atomic E-state index is 0.712. The molecule has 0 saturated heterocycles. The highest BCUT2D eigenvalue weighted by Crippen LogP contribution is 2.43. The van der Waals surface area contributed by atoms with Crippen molar-refractivity contribution in [2.45, 2.75) is 27.7 Å². The third-order valence-electron chi connectivity index (χ3n) is 16.0. The maximum atomic E-state index is 6.65. The largest absolute Gasteiger partial charge is 0.456 e. The minimum atomic E-state index is 0.712. The van der Waals surface area contributed by atoms with Gasteiger partial charge in [0.05, 0.1) is 57.8 Å². The van der Waals surface area contributed by atoms with Crippen LogP contribution in [0.3, 0.4) is 0 Å². The summed E-state index contributed by atoms with van der Waals surface area (Å²) in [5, 5.41) is 6.59. The van der Waals surface area contributed by atoms with Gasteiger partial charge in [-0.25, -0.2) is 0 Å². The van der Waals surface area contributed by atoms with Crippen LogP contribution in [0.15, 0.2) is 280 Å². The molecule has 0 atom stereocenters. The molecule has 0 bridgehead atoms. The van der Waals surface area contributed by atoms with Crippen LogP contribution >= 0.6 is 0 Å². The van der Waals surface area contributed by atoms with E-state index in [1.807, 2.05) is 52.0 Å². The van der Waals surface area contributed by atoms with Crippen LogP contribution in [0.25, 0.3) is 144 Å². The molecule has 14 rings (SSSR count). The normalized spacial score (nSPS) is 12.2. The highest BCUT2D eigenvalue weighted by atomic mass is 16.3. The third kappa shape index (κ3) is 10.3. The smallest absolute Gasteiger partial charge is 0.135 e. The van der Waals surface area contributed by atoms with Crippen molar-refractivity contribution >= 4 is 103 Å². The van der Waals surface area contributed by atoms with Crippen molar-refractivity contribution in [2.24, 2.45) is 20.0 Å². The average Bonchev–Trinajstić information content (AvgIpc) is 1.71. The summed E-state index contributed by atoms with van der Waals surface area (Å²) in [4.78, 5) is 26.5. The first-order chi connectivity index (χ1) is 42.9. The van der Waals surface area contributed by atoms with E-state index in [0.717, 1.165) is 150 Å². The van der Waals surface area contributed by atoms with Crippen LogP contribution in [0.2, 0.25) is 0 Å². The number of aliphatic imine (C=N–C) groups is 4. The topological polar surface area (TPSA) is 98.2 Å². The average molecular weight is 1130 g/mol. The van der Waals surface area contributed by atoms with E-state index in [1.54, 1.807) is 43.4 Å². The number of hydrogen-bond donors (Lipinski definition) is 0. The van der Waals surface area contributed by atoms with Crippen LogP contribution < -0.4 is 0 Å². The van der Waals surface area contributed by atoms with Gasteiger partial charge in [-0.1, -0.05) is 127 Å². The fourth-order valence-electron chi connectivity index (χ4n) is 11.9. The van der Waals surface area contributed by atoms with E-state index in [4.69, 9.17) is 9.41 Å². The lowest BCUT2D eigenvalue weighted by molar-refractivity contribution is 0.669. The zero-order valence-corrected chi connectivity index (χ0v) is 48.8. The van der Waals surface area contributed by atoms with Crippen LogP contribution in [0, 0.1) is 0 Å². The second-order valence-electron chi connectivity index (χ2n) is 21.0. The number of furan rings is 1. The van der Waals surface area contributed by atoms with E-state index in [-0.39, 0.29) is 0 Å². The number of allylic oxidation sites excluding steroid dienone is 2.